The fourth-order valence-electron chi connectivity index (χ4n) is 1.90. The van der Waals surface area contributed by atoms with Crippen LogP contribution in [-0.2, 0) is 14.3 Å². The predicted octanol–water partition coefficient (Wildman–Crippen LogP) is 1.35. The van der Waals surface area contributed by atoms with E-state index in [2.05, 4.69) is 5.32 Å². The van der Waals surface area contributed by atoms with Gasteiger partial charge in [0.2, 0.25) is 5.91 Å². The zero-order valence-corrected chi connectivity index (χ0v) is 13.3. The van der Waals surface area contributed by atoms with Crippen LogP contribution >= 0.6 is 23.2 Å². The van der Waals surface area contributed by atoms with Gasteiger partial charge in [0.1, 0.15) is 12.4 Å². The number of halogens is 2. The van der Waals surface area contributed by atoms with E-state index in [4.69, 9.17) is 32.7 Å². The molecule has 1 heterocycles. The van der Waals surface area contributed by atoms with Crippen LogP contribution in [0.15, 0.2) is 18.2 Å². The summed E-state index contributed by atoms with van der Waals surface area (Å²) >= 11 is 11.7. The Morgan fingerprint density at radius 1 is 1.41 bits per heavy atom. The summed E-state index contributed by atoms with van der Waals surface area (Å²) in [6, 6.07) is 4.77. The minimum absolute atomic E-state index is 0.0651. The molecule has 2 amide bonds. The summed E-state index contributed by atoms with van der Waals surface area (Å²) < 4.78 is 10.3. The van der Waals surface area contributed by atoms with Crippen LogP contribution in [0.4, 0.5) is 0 Å². The molecule has 2 rings (SSSR count). The second-order valence-electron chi connectivity index (χ2n) is 4.65. The van der Waals surface area contributed by atoms with Crippen LogP contribution in [-0.4, -0.2) is 56.2 Å². The Hall–Kier alpha value is -1.50. The maximum Gasteiger partial charge on any atom is 0.258 e. The lowest BCUT2D eigenvalue weighted by Gasteiger charge is -2.26. The number of nitrogens with zero attached hydrogens (tertiary/aromatic N) is 1. The van der Waals surface area contributed by atoms with Gasteiger partial charge in [-0.05, 0) is 18.2 Å². The van der Waals surface area contributed by atoms with Gasteiger partial charge in [0, 0.05) is 24.7 Å². The number of hydrogen-bond acceptors (Lipinski definition) is 4. The Balaban J connectivity index is 1.68. The SMILES string of the molecule is O=C(COc1ccc(Cl)cc1Cl)NCCN1CCOCC1=O. The molecule has 1 saturated heterocycles. The van der Waals surface area contributed by atoms with Crippen molar-refractivity contribution in [3.63, 3.8) is 0 Å². The Labute approximate surface area is 138 Å². The van der Waals surface area contributed by atoms with E-state index in [1.165, 1.54) is 0 Å². The molecule has 0 aliphatic carbocycles. The lowest BCUT2D eigenvalue weighted by atomic mass is 10.3. The van der Waals surface area contributed by atoms with Gasteiger partial charge in [-0.15, -0.1) is 0 Å². The molecule has 1 aliphatic heterocycles. The molecule has 0 radical (unpaired) electrons. The van der Waals surface area contributed by atoms with E-state index >= 15 is 0 Å². The lowest BCUT2D eigenvalue weighted by molar-refractivity contribution is -0.142. The third-order valence-corrected chi connectivity index (χ3v) is 3.57. The highest BCUT2D eigenvalue weighted by Crippen LogP contribution is 2.27. The Morgan fingerprint density at radius 3 is 2.95 bits per heavy atom. The third kappa shape index (κ3) is 5.05. The van der Waals surface area contributed by atoms with Gasteiger partial charge in [-0.25, -0.2) is 0 Å². The van der Waals surface area contributed by atoms with Crippen molar-refractivity contribution in [2.45, 2.75) is 0 Å². The van der Waals surface area contributed by atoms with Gasteiger partial charge in [0.05, 0.1) is 11.6 Å². The predicted molar refractivity (Wildman–Crippen MR) is 82.4 cm³/mol. The second-order valence-corrected chi connectivity index (χ2v) is 5.49. The van der Waals surface area contributed by atoms with E-state index in [1.54, 1.807) is 23.1 Å². The first-order chi connectivity index (χ1) is 10.6. The number of rotatable bonds is 6. The van der Waals surface area contributed by atoms with E-state index in [-0.39, 0.29) is 25.0 Å². The van der Waals surface area contributed by atoms with Gasteiger partial charge in [-0.1, -0.05) is 23.2 Å². The summed E-state index contributed by atoms with van der Waals surface area (Å²) in [5.41, 5.74) is 0. The highest BCUT2D eigenvalue weighted by atomic mass is 35.5. The van der Waals surface area contributed by atoms with Crippen molar-refractivity contribution in [3.8, 4) is 5.75 Å². The van der Waals surface area contributed by atoms with Crippen LogP contribution in [0.25, 0.3) is 0 Å². The number of nitrogens with one attached hydrogen (secondary N) is 1. The fourth-order valence-corrected chi connectivity index (χ4v) is 2.37. The summed E-state index contributed by atoms with van der Waals surface area (Å²) in [4.78, 5) is 24.8. The molecule has 0 aromatic heterocycles. The van der Waals surface area contributed by atoms with E-state index < -0.39 is 0 Å². The summed E-state index contributed by atoms with van der Waals surface area (Å²) in [5.74, 6) is 0.0426. The number of morpholine rings is 1. The summed E-state index contributed by atoms with van der Waals surface area (Å²) in [5, 5.41) is 3.53. The third-order valence-electron chi connectivity index (χ3n) is 3.04. The first-order valence-electron chi connectivity index (χ1n) is 6.76. The largest absolute Gasteiger partial charge is 0.482 e. The van der Waals surface area contributed by atoms with Crippen molar-refractivity contribution >= 4 is 35.0 Å². The number of hydrogen-bond donors (Lipinski definition) is 1. The van der Waals surface area contributed by atoms with Gasteiger partial charge < -0.3 is 19.7 Å². The van der Waals surface area contributed by atoms with Crippen molar-refractivity contribution in [3.05, 3.63) is 28.2 Å². The molecule has 8 heteroatoms. The zero-order chi connectivity index (χ0) is 15.9. The number of carbonyl (C=O) groups is 2. The average molecular weight is 347 g/mol. The van der Waals surface area contributed by atoms with Crippen LogP contribution in [0.2, 0.25) is 10.0 Å². The standard InChI is InChI=1S/C14H16Cl2N2O4/c15-10-1-2-12(11(16)7-10)22-8-13(19)17-3-4-18-5-6-21-9-14(18)20/h1-2,7H,3-6,8-9H2,(H,17,19). The zero-order valence-electron chi connectivity index (χ0n) is 11.8. The maximum absolute atomic E-state index is 11.7. The molecule has 0 saturated carbocycles. The number of ether oxygens (including phenoxy) is 2. The van der Waals surface area contributed by atoms with Gasteiger partial charge in [0.25, 0.3) is 5.91 Å². The summed E-state index contributed by atoms with van der Waals surface area (Å²) in [7, 11) is 0. The fraction of sp³-hybridized carbons (Fsp3) is 0.429. The molecule has 22 heavy (non-hydrogen) atoms. The second kappa shape index (κ2) is 8.22. The van der Waals surface area contributed by atoms with Gasteiger partial charge in [-0.2, -0.15) is 0 Å². The molecule has 1 fully saturated rings. The number of carbonyl (C=O) groups excluding carboxylic acids is 2. The molecule has 0 atom stereocenters. The molecule has 0 unspecified atom stereocenters. The highest BCUT2D eigenvalue weighted by molar-refractivity contribution is 6.35. The van der Waals surface area contributed by atoms with Crippen LogP contribution in [0.3, 0.4) is 0 Å². The molecular formula is C14H16Cl2N2O4. The van der Waals surface area contributed by atoms with Gasteiger partial charge >= 0.3 is 0 Å². The first kappa shape index (κ1) is 16.9. The van der Waals surface area contributed by atoms with Gasteiger partial charge in [0.15, 0.2) is 6.61 Å². The molecule has 120 valence electrons. The van der Waals surface area contributed by atoms with Crippen LogP contribution in [0.1, 0.15) is 0 Å². The van der Waals surface area contributed by atoms with Crippen molar-refractivity contribution in [2.24, 2.45) is 0 Å². The average Bonchev–Trinajstić information content (AvgIpc) is 2.48. The smallest absolute Gasteiger partial charge is 0.258 e. The molecule has 1 aliphatic rings. The Bertz CT molecular complexity index is 554. The molecule has 6 nitrogen and oxygen atoms in total. The molecule has 0 bridgehead atoms. The molecule has 0 spiro atoms. The minimum atomic E-state index is -0.285. The van der Waals surface area contributed by atoms with Crippen molar-refractivity contribution < 1.29 is 19.1 Å². The monoisotopic (exact) mass is 346 g/mol. The summed E-state index contributed by atoms with van der Waals surface area (Å²) in [6.45, 7) is 1.84. The first-order valence-corrected chi connectivity index (χ1v) is 7.52. The van der Waals surface area contributed by atoms with Crippen LogP contribution in [0, 0.1) is 0 Å². The number of amides is 2. The molecule has 1 aromatic carbocycles. The van der Waals surface area contributed by atoms with Gasteiger partial charge in [-0.3, -0.25) is 9.59 Å². The number of benzene rings is 1. The lowest BCUT2D eigenvalue weighted by Crippen LogP contribution is -2.45. The van der Waals surface area contributed by atoms with E-state index in [0.29, 0.717) is 42.0 Å². The Morgan fingerprint density at radius 2 is 2.23 bits per heavy atom. The highest BCUT2D eigenvalue weighted by Gasteiger charge is 2.18. The maximum atomic E-state index is 11.7. The quantitative estimate of drug-likeness (QED) is 0.844. The topological polar surface area (TPSA) is 67.9 Å². The molecule has 1 N–H and O–H groups in total. The van der Waals surface area contributed by atoms with Crippen molar-refractivity contribution in [1.82, 2.24) is 10.2 Å². The van der Waals surface area contributed by atoms with Crippen LogP contribution in [0.5, 0.6) is 5.75 Å². The van der Waals surface area contributed by atoms with E-state index in [0.717, 1.165) is 0 Å². The Kier molecular flexibility index (Phi) is 6.30. The minimum Gasteiger partial charge on any atom is -0.482 e. The van der Waals surface area contributed by atoms with Crippen LogP contribution < -0.4 is 10.1 Å². The summed E-state index contributed by atoms with van der Waals surface area (Å²) in [6.07, 6.45) is 0. The van der Waals surface area contributed by atoms with Crippen molar-refractivity contribution in [1.29, 1.82) is 0 Å². The molecule has 1 aromatic rings. The van der Waals surface area contributed by atoms with E-state index in [1.807, 2.05) is 0 Å². The van der Waals surface area contributed by atoms with Crippen molar-refractivity contribution in [2.75, 3.05) is 39.5 Å². The normalized spacial score (nSPS) is 14.8. The molecular weight excluding hydrogens is 331 g/mol. The van der Waals surface area contributed by atoms with E-state index in [9.17, 15) is 9.59 Å².